The summed E-state index contributed by atoms with van der Waals surface area (Å²) in [6.45, 7) is 0. The van der Waals surface area contributed by atoms with Crippen molar-refractivity contribution in [2.24, 2.45) is 0 Å². The molecular formula is C69H43N7. The van der Waals surface area contributed by atoms with Gasteiger partial charge in [0.1, 0.15) is 0 Å². The highest BCUT2D eigenvalue weighted by Crippen LogP contribution is 2.42. The molecule has 16 rings (SSSR count). The number of benzene rings is 11. The maximum absolute atomic E-state index is 5.29. The fourth-order valence-electron chi connectivity index (χ4n) is 12.0. The molecule has 16 aromatic rings. The molecule has 0 atom stereocenters. The molecule has 7 heteroatoms. The summed E-state index contributed by atoms with van der Waals surface area (Å²) in [5.41, 5.74) is 16.3. The summed E-state index contributed by atoms with van der Waals surface area (Å²) in [6, 6.07) is 93.6. The largest absolute Gasteiger partial charge is 0.309 e. The molecular weight excluding hydrogens is 927 g/mol. The Labute approximate surface area is 436 Å². The van der Waals surface area contributed by atoms with Gasteiger partial charge in [-0.25, -0.2) is 4.98 Å². The Kier molecular flexibility index (Phi) is 9.20. The van der Waals surface area contributed by atoms with Crippen LogP contribution in [0.15, 0.2) is 261 Å². The maximum atomic E-state index is 5.29. The van der Waals surface area contributed by atoms with Gasteiger partial charge in [0, 0.05) is 71.3 Å². The molecule has 0 spiro atoms. The molecule has 0 N–H and O–H groups in total. The van der Waals surface area contributed by atoms with Gasteiger partial charge in [0.25, 0.3) is 0 Å². The lowest BCUT2D eigenvalue weighted by Gasteiger charge is -2.12. The second kappa shape index (κ2) is 16.6. The first kappa shape index (κ1) is 42.2. The van der Waals surface area contributed by atoms with Gasteiger partial charge in [0.2, 0.25) is 5.95 Å². The molecule has 0 radical (unpaired) electrons. The van der Waals surface area contributed by atoms with E-state index >= 15 is 0 Å². The number of hydrogen-bond donors (Lipinski definition) is 0. The third-order valence-corrected chi connectivity index (χ3v) is 15.4. The summed E-state index contributed by atoms with van der Waals surface area (Å²) >= 11 is 0. The Morgan fingerprint density at radius 3 is 0.947 bits per heavy atom. The summed E-state index contributed by atoms with van der Waals surface area (Å²) in [5.74, 6) is 1.78. The van der Waals surface area contributed by atoms with Crippen molar-refractivity contribution in [2.75, 3.05) is 0 Å². The molecule has 354 valence electrons. The lowest BCUT2D eigenvalue weighted by molar-refractivity contribution is 0.953. The molecule has 0 bridgehead atoms. The number of hydrogen-bond acceptors (Lipinski definition) is 3. The van der Waals surface area contributed by atoms with E-state index in [-0.39, 0.29) is 0 Å². The summed E-state index contributed by atoms with van der Waals surface area (Å²) in [4.78, 5) is 15.7. The summed E-state index contributed by atoms with van der Waals surface area (Å²) in [5, 5.41) is 9.48. The Balaban J connectivity index is 0.963. The van der Waals surface area contributed by atoms with E-state index in [0.717, 1.165) is 72.2 Å². The molecule has 0 unspecified atom stereocenters. The normalized spacial score (nSPS) is 11.9. The van der Waals surface area contributed by atoms with Gasteiger partial charge in [0.05, 0.1) is 44.1 Å². The highest BCUT2D eigenvalue weighted by atomic mass is 15.2. The third kappa shape index (κ3) is 6.39. The van der Waals surface area contributed by atoms with Gasteiger partial charge < -0.3 is 13.7 Å². The van der Waals surface area contributed by atoms with E-state index in [1.165, 1.54) is 54.4 Å². The fourth-order valence-corrected chi connectivity index (χ4v) is 12.0. The van der Waals surface area contributed by atoms with Crippen molar-refractivity contribution < 1.29 is 0 Å². The molecule has 11 aromatic carbocycles. The molecule has 0 aliphatic rings. The topological polar surface area (TPSA) is 58.4 Å². The SMILES string of the molecule is c1ccc(-c2ccc3c4cc(-n5c6ccc(-n7c8ccccc8c8ccccc87)cc6c6cc(-n7c8ccccc8c8ccccc87)ccc65)ccc4n(-c4nc(-c5ccccc5)nc(-c5ccccc5)n4)c3c2)cc1. The molecule has 5 aromatic heterocycles. The molecule has 0 saturated heterocycles. The first-order valence-electron chi connectivity index (χ1n) is 25.8. The van der Waals surface area contributed by atoms with Crippen molar-refractivity contribution in [3.63, 3.8) is 0 Å². The van der Waals surface area contributed by atoms with E-state index in [1.54, 1.807) is 0 Å². The van der Waals surface area contributed by atoms with Crippen molar-refractivity contribution in [3.05, 3.63) is 261 Å². The lowest BCUT2D eigenvalue weighted by Crippen LogP contribution is -2.06. The monoisotopic (exact) mass is 969 g/mol. The van der Waals surface area contributed by atoms with Crippen molar-refractivity contribution in [3.8, 4) is 56.9 Å². The van der Waals surface area contributed by atoms with Crippen LogP contribution in [0, 0.1) is 0 Å². The van der Waals surface area contributed by atoms with Gasteiger partial charge in [-0.15, -0.1) is 0 Å². The lowest BCUT2D eigenvalue weighted by atomic mass is 10.0. The second-order valence-electron chi connectivity index (χ2n) is 19.6. The van der Waals surface area contributed by atoms with Gasteiger partial charge in [-0.1, -0.05) is 176 Å². The Morgan fingerprint density at radius 2 is 0.526 bits per heavy atom. The van der Waals surface area contributed by atoms with E-state index in [2.05, 4.69) is 243 Å². The first-order chi connectivity index (χ1) is 37.7. The van der Waals surface area contributed by atoms with Gasteiger partial charge in [-0.2, -0.15) is 9.97 Å². The first-order valence-corrected chi connectivity index (χ1v) is 25.8. The molecule has 76 heavy (non-hydrogen) atoms. The molecule has 7 nitrogen and oxygen atoms in total. The number of rotatable bonds is 7. The molecule has 0 aliphatic heterocycles. The van der Waals surface area contributed by atoms with E-state index in [9.17, 15) is 0 Å². The van der Waals surface area contributed by atoms with E-state index in [0.29, 0.717) is 17.6 Å². The van der Waals surface area contributed by atoms with Crippen LogP contribution < -0.4 is 0 Å². The van der Waals surface area contributed by atoms with Crippen molar-refractivity contribution in [1.29, 1.82) is 0 Å². The van der Waals surface area contributed by atoms with Crippen LogP contribution in [-0.4, -0.2) is 33.2 Å². The quantitative estimate of drug-likeness (QED) is 0.160. The van der Waals surface area contributed by atoms with Crippen LogP contribution in [-0.2, 0) is 0 Å². The van der Waals surface area contributed by atoms with Gasteiger partial charge in [-0.05, 0) is 96.1 Å². The predicted octanol–water partition coefficient (Wildman–Crippen LogP) is 17.3. The molecule has 0 aliphatic carbocycles. The summed E-state index contributed by atoms with van der Waals surface area (Å²) < 4.78 is 9.51. The van der Waals surface area contributed by atoms with Crippen molar-refractivity contribution in [2.45, 2.75) is 0 Å². The van der Waals surface area contributed by atoms with Crippen molar-refractivity contribution >= 4 is 87.2 Å². The number of aromatic nitrogens is 7. The van der Waals surface area contributed by atoms with E-state index in [1.807, 2.05) is 36.4 Å². The molecule has 0 saturated carbocycles. The van der Waals surface area contributed by atoms with Gasteiger partial charge >= 0.3 is 0 Å². The average Bonchev–Trinajstić information content (AvgIpc) is 4.30. The minimum Gasteiger partial charge on any atom is -0.309 e. The number of fused-ring (bicyclic) bond motifs is 12. The highest BCUT2D eigenvalue weighted by molar-refractivity contribution is 6.15. The van der Waals surface area contributed by atoms with Crippen LogP contribution in [0.1, 0.15) is 0 Å². The molecule has 5 heterocycles. The van der Waals surface area contributed by atoms with E-state index < -0.39 is 0 Å². The average molecular weight is 970 g/mol. The van der Waals surface area contributed by atoms with Crippen LogP contribution in [0.3, 0.4) is 0 Å². The summed E-state index contributed by atoms with van der Waals surface area (Å²) in [6.07, 6.45) is 0. The standard InChI is InChI=1S/C69H43N7/c1-4-18-44(19-5-1)47-32-36-55-56-41-48(35-39-65(56)76(66(55)40-47)69-71-67(45-20-6-2-7-21-45)70-68(72-69)46-22-8-3-9-23-46)75-63-37-33-49(73-59-28-14-10-24-51(59)52-25-11-15-29-60(52)73)42-57(63)58-43-50(34-38-64(58)75)74-61-30-16-12-26-53(61)54-27-13-17-31-62(54)74/h1-43H. The van der Waals surface area contributed by atoms with Crippen molar-refractivity contribution in [1.82, 2.24) is 33.2 Å². The zero-order chi connectivity index (χ0) is 49.8. The third-order valence-electron chi connectivity index (χ3n) is 15.4. The summed E-state index contributed by atoms with van der Waals surface area (Å²) in [7, 11) is 0. The molecule has 0 fully saturated rings. The van der Waals surface area contributed by atoms with Crippen LogP contribution >= 0.6 is 0 Å². The Hall–Kier alpha value is -10.4. The highest BCUT2D eigenvalue weighted by Gasteiger charge is 2.23. The second-order valence-corrected chi connectivity index (χ2v) is 19.6. The van der Waals surface area contributed by atoms with Crippen LogP contribution in [0.4, 0.5) is 0 Å². The van der Waals surface area contributed by atoms with Gasteiger partial charge in [-0.3, -0.25) is 4.57 Å². The van der Waals surface area contributed by atoms with Crippen LogP contribution in [0.5, 0.6) is 0 Å². The smallest absolute Gasteiger partial charge is 0.238 e. The van der Waals surface area contributed by atoms with E-state index in [4.69, 9.17) is 15.0 Å². The number of nitrogens with zero attached hydrogens (tertiary/aromatic N) is 7. The fraction of sp³-hybridized carbons (Fsp3) is 0. The Morgan fingerprint density at radius 1 is 0.197 bits per heavy atom. The zero-order valence-electron chi connectivity index (χ0n) is 41.0. The zero-order valence-corrected chi connectivity index (χ0v) is 41.0. The predicted molar refractivity (Wildman–Crippen MR) is 313 cm³/mol. The van der Waals surface area contributed by atoms with Crippen LogP contribution in [0.2, 0.25) is 0 Å². The van der Waals surface area contributed by atoms with Crippen LogP contribution in [0.25, 0.3) is 144 Å². The Bertz CT molecular complexity index is 4650. The maximum Gasteiger partial charge on any atom is 0.238 e. The number of para-hydroxylation sites is 4. The van der Waals surface area contributed by atoms with Gasteiger partial charge in [0.15, 0.2) is 11.6 Å². The minimum absolute atomic E-state index is 0.553. The minimum atomic E-state index is 0.553. The molecule has 0 amide bonds.